The second kappa shape index (κ2) is 7.89. The first-order chi connectivity index (χ1) is 13.5. The van der Waals surface area contributed by atoms with Crippen molar-refractivity contribution >= 4 is 11.6 Å². The first-order valence-electron chi connectivity index (χ1n) is 9.85. The van der Waals surface area contributed by atoms with Crippen molar-refractivity contribution in [1.82, 2.24) is 24.8 Å². The highest BCUT2D eigenvalue weighted by atomic mass is 16.3. The van der Waals surface area contributed by atoms with Crippen LogP contribution in [0.15, 0.2) is 30.5 Å². The third-order valence-electron chi connectivity index (χ3n) is 5.79. The molecule has 3 saturated heterocycles. The van der Waals surface area contributed by atoms with E-state index in [0.29, 0.717) is 17.6 Å². The number of phenolic OH excluding ortho intramolecular Hbond substituents is 1. The quantitative estimate of drug-likeness (QED) is 0.783. The van der Waals surface area contributed by atoms with Crippen molar-refractivity contribution in [2.24, 2.45) is 11.8 Å². The van der Waals surface area contributed by atoms with Crippen LogP contribution in [0.1, 0.15) is 18.5 Å². The zero-order valence-electron chi connectivity index (χ0n) is 16.5. The lowest BCUT2D eigenvalue weighted by Gasteiger charge is -2.49. The Hall–Kier alpha value is -2.45. The van der Waals surface area contributed by atoms with Gasteiger partial charge in [0.25, 0.3) is 0 Å². The highest BCUT2D eigenvalue weighted by Gasteiger charge is 2.43. The molecule has 1 unspecified atom stereocenters. The number of phenols is 1. The van der Waals surface area contributed by atoms with Crippen molar-refractivity contribution in [3.63, 3.8) is 0 Å². The molecular weight excluding hydrogens is 356 g/mol. The number of nitrogens with zero attached hydrogens (tertiary/aromatic N) is 5. The summed E-state index contributed by atoms with van der Waals surface area (Å²) < 4.78 is 1.94. The number of nitrogens with one attached hydrogen (secondary N) is 1. The number of carbonyl (C=O) groups is 1. The zero-order chi connectivity index (χ0) is 19.7. The van der Waals surface area contributed by atoms with Gasteiger partial charge in [0.05, 0.1) is 18.2 Å². The molecule has 150 valence electrons. The summed E-state index contributed by atoms with van der Waals surface area (Å²) in [4.78, 5) is 17.3. The van der Waals surface area contributed by atoms with E-state index in [1.54, 1.807) is 24.3 Å². The molecular formula is C20H28N6O2. The summed E-state index contributed by atoms with van der Waals surface area (Å²) in [5.41, 5.74) is 1.62. The first-order valence-corrected chi connectivity index (χ1v) is 9.85. The minimum atomic E-state index is -0.00704. The lowest BCUT2D eigenvalue weighted by atomic mass is 9.75. The molecule has 4 heterocycles. The van der Waals surface area contributed by atoms with Crippen molar-refractivity contribution in [2.75, 3.05) is 32.5 Å². The largest absolute Gasteiger partial charge is 0.508 e. The molecule has 3 fully saturated rings. The van der Waals surface area contributed by atoms with Crippen LogP contribution in [-0.4, -0.2) is 69.0 Å². The van der Waals surface area contributed by atoms with Gasteiger partial charge >= 0.3 is 0 Å². The molecule has 0 aliphatic carbocycles. The molecule has 3 aliphatic heterocycles. The molecule has 4 atom stereocenters. The molecule has 2 N–H and O–H groups in total. The van der Waals surface area contributed by atoms with Gasteiger partial charge in [-0.2, -0.15) is 0 Å². The topological polar surface area (TPSA) is 86.5 Å². The molecule has 0 saturated carbocycles. The number of anilines is 1. The van der Waals surface area contributed by atoms with Crippen LogP contribution in [0.2, 0.25) is 0 Å². The maximum absolute atomic E-state index is 12.8. The highest BCUT2D eigenvalue weighted by Crippen LogP contribution is 2.37. The molecule has 2 bridgehead atoms. The van der Waals surface area contributed by atoms with Crippen molar-refractivity contribution in [2.45, 2.75) is 32.0 Å². The van der Waals surface area contributed by atoms with Gasteiger partial charge < -0.3 is 15.3 Å². The van der Waals surface area contributed by atoms with Gasteiger partial charge in [-0.05, 0) is 51.5 Å². The van der Waals surface area contributed by atoms with Crippen LogP contribution >= 0.6 is 0 Å². The smallest absolute Gasteiger partial charge is 0.229 e. The van der Waals surface area contributed by atoms with E-state index in [2.05, 4.69) is 25.4 Å². The number of fused-ring (bicyclic) bond motifs is 3. The van der Waals surface area contributed by atoms with E-state index in [4.69, 9.17) is 0 Å². The van der Waals surface area contributed by atoms with Crippen LogP contribution in [0.5, 0.6) is 5.75 Å². The lowest BCUT2D eigenvalue weighted by Crippen LogP contribution is -2.57. The third kappa shape index (κ3) is 4.18. The second-order valence-corrected chi connectivity index (χ2v) is 8.25. The van der Waals surface area contributed by atoms with E-state index in [1.807, 2.05) is 25.0 Å². The Labute approximate surface area is 165 Å². The van der Waals surface area contributed by atoms with Crippen molar-refractivity contribution in [1.29, 1.82) is 0 Å². The van der Waals surface area contributed by atoms with E-state index in [9.17, 15) is 9.90 Å². The average Bonchev–Trinajstić information content (AvgIpc) is 3.08. The van der Waals surface area contributed by atoms with Crippen molar-refractivity contribution < 1.29 is 9.90 Å². The summed E-state index contributed by atoms with van der Waals surface area (Å²) in [7, 11) is 4.04. The Kier molecular flexibility index (Phi) is 5.32. The van der Waals surface area contributed by atoms with Crippen LogP contribution in [0.4, 0.5) is 5.69 Å². The van der Waals surface area contributed by atoms with E-state index >= 15 is 0 Å². The number of hydrogen-bond donors (Lipinski definition) is 2. The maximum atomic E-state index is 12.8. The number of aromatic nitrogens is 3. The molecule has 3 aliphatic rings. The lowest BCUT2D eigenvalue weighted by molar-refractivity contribution is -0.127. The summed E-state index contributed by atoms with van der Waals surface area (Å²) in [5.74, 6) is 0.588. The number of piperidine rings is 3. The standard InChI is InChI=1S/C20H28N6O2/c1-24(2)10-16-11-26(23-22-16)12-17-8-14-6-7-25(17)13-19(14)20(28)21-15-4-3-5-18(27)9-15/h3-5,9,11,14,17,19,27H,6-8,10,12-13H2,1-2H3,(H,21,28)/t14-,17-,19+/m1/s1. The van der Waals surface area contributed by atoms with Crippen LogP contribution in [0, 0.1) is 11.8 Å². The molecule has 8 nitrogen and oxygen atoms in total. The highest BCUT2D eigenvalue weighted by molar-refractivity contribution is 5.93. The van der Waals surface area contributed by atoms with Gasteiger partial charge in [-0.15, -0.1) is 5.10 Å². The molecule has 1 aromatic heterocycles. The fourth-order valence-electron chi connectivity index (χ4n) is 4.48. The third-order valence-corrected chi connectivity index (χ3v) is 5.79. The SMILES string of the molecule is CN(C)Cc1cn(C[C@H]2C[C@H]3CCN2C[C@@H]3C(=O)Nc2cccc(O)c2)nn1. The van der Waals surface area contributed by atoms with Gasteiger partial charge in [0, 0.05) is 37.1 Å². The monoisotopic (exact) mass is 384 g/mol. The van der Waals surface area contributed by atoms with E-state index in [1.165, 1.54) is 0 Å². The molecule has 0 radical (unpaired) electrons. The summed E-state index contributed by atoms with van der Waals surface area (Å²) >= 11 is 0. The molecule has 8 heteroatoms. The van der Waals surface area contributed by atoms with Gasteiger partial charge in [0.2, 0.25) is 5.91 Å². The fraction of sp³-hybridized carbons (Fsp3) is 0.550. The molecule has 1 amide bonds. The molecule has 2 aromatic rings. The Morgan fingerprint density at radius 1 is 1.39 bits per heavy atom. The minimum Gasteiger partial charge on any atom is -0.508 e. The average molecular weight is 384 g/mol. The van der Waals surface area contributed by atoms with Gasteiger partial charge in [0.15, 0.2) is 0 Å². The van der Waals surface area contributed by atoms with Gasteiger partial charge in [-0.3, -0.25) is 14.4 Å². The molecule has 0 spiro atoms. The number of hydrogen-bond acceptors (Lipinski definition) is 6. The summed E-state index contributed by atoms with van der Waals surface area (Å²) in [5, 5.41) is 21.1. The maximum Gasteiger partial charge on any atom is 0.229 e. The zero-order valence-corrected chi connectivity index (χ0v) is 16.5. The van der Waals surface area contributed by atoms with E-state index in [0.717, 1.165) is 44.7 Å². The Morgan fingerprint density at radius 3 is 2.96 bits per heavy atom. The van der Waals surface area contributed by atoms with Gasteiger partial charge in [0.1, 0.15) is 5.75 Å². The number of benzene rings is 1. The number of amides is 1. The summed E-state index contributed by atoms with van der Waals surface area (Å²) in [6.45, 7) is 3.41. The Bertz CT molecular complexity index is 836. The molecule has 1 aromatic carbocycles. The van der Waals surface area contributed by atoms with Crippen molar-refractivity contribution in [3.05, 3.63) is 36.2 Å². The fourth-order valence-corrected chi connectivity index (χ4v) is 4.48. The molecule has 28 heavy (non-hydrogen) atoms. The predicted octanol–water partition coefficient (Wildman–Crippen LogP) is 1.39. The Morgan fingerprint density at radius 2 is 2.25 bits per heavy atom. The molecule has 5 rings (SSSR count). The van der Waals surface area contributed by atoms with Crippen LogP contribution in [-0.2, 0) is 17.9 Å². The van der Waals surface area contributed by atoms with Gasteiger partial charge in [-0.1, -0.05) is 11.3 Å². The number of rotatable bonds is 6. The number of carbonyl (C=O) groups excluding carboxylic acids is 1. The summed E-state index contributed by atoms with van der Waals surface area (Å²) in [6, 6.07) is 7.12. The van der Waals surface area contributed by atoms with Crippen LogP contribution < -0.4 is 5.32 Å². The first kappa shape index (κ1) is 18.9. The van der Waals surface area contributed by atoms with Crippen molar-refractivity contribution in [3.8, 4) is 5.75 Å². The Balaban J connectivity index is 1.36. The van der Waals surface area contributed by atoms with Gasteiger partial charge in [-0.25, -0.2) is 0 Å². The van der Waals surface area contributed by atoms with Crippen LogP contribution in [0.3, 0.4) is 0 Å². The number of aromatic hydroxyl groups is 1. The second-order valence-electron chi connectivity index (χ2n) is 8.25. The predicted molar refractivity (Wildman–Crippen MR) is 106 cm³/mol. The van der Waals surface area contributed by atoms with E-state index < -0.39 is 0 Å². The van der Waals surface area contributed by atoms with Crippen LogP contribution in [0.25, 0.3) is 0 Å². The van der Waals surface area contributed by atoms with E-state index in [-0.39, 0.29) is 17.6 Å². The minimum absolute atomic E-state index is 0.00704. The summed E-state index contributed by atoms with van der Waals surface area (Å²) in [6.07, 6.45) is 4.08. The normalized spacial score (nSPS) is 26.5.